The van der Waals surface area contributed by atoms with Crippen LogP contribution in [0.5, 0.6) is 11.5 Å². The number of benzene rings is 2. The largest absolute Gasteiger partial charge is 0.497 e. The molecular weight excluding hydrogens is 410 g/mol. The highest BCUT2D eigenvalue weighted by molar-refractivity contribution is 7.89. The Bertz CT molecular complexity index is 1120. The summed E-state index contributed by atoms with van der Waals surface area (Å²) in [7, 11) is -0.592. The molecule has 0 atom stereocenters. The number of hydrogen-bond donors (Lipinski definition) is 3. The van der Waals surface area contributed by atoms with Crippen LogP contribution in [0.3, 0.4) is 0 Å². The Morgan fingerprint density at radius 3 is 2.57 bits per heavy atom. The predicted molar refractivity (Wildman–Crippen MR) is 110 cm³/mol. The number of sulfonamides is 1. The van der Waals surface area contributed by atoms with E-state index in [2.05, 4.69) is 25.2 Å². The lowest BCUT2D eigenvalue weighted by atomic mass is 10.2. The van der Waals surface area contributed by atoms with Gasteiger partial charge in [0.1, 0.15) is 11.5 Å². The van der Waals surface area contributed by atoms with Gasteiger partial charge in [0.25, 0.3) is 0 Å². The molecule has 0 saturated heterocycles. The molecule has 0 unspecified atom stereocenters. The van der Waals surface area contributed by atoms with Gasteiger partial charge in [-0.1, -0.05) is 18.2 Å². The van der Waals surface area contributed by atoms with Crippen molar-refractivity contribution in [1.82, 2.24) is 19.9 Å². The number of nitrogens with one attached hydrogen (secondary N) is 3. The lowest BCUT2D eigenvalue weighted by Crippen LogP contribution is -2.28. The van der Waals surface area contributed by atoms with Crippen LogP contribution >= 0.6 is 0 Å². The Morgan fingerprint density at radius 2 is 1.87 bits per heavy atom. The Morgan fingerprint density at radius 1 is 1.10 bits per heavy atom. The summed E-state index contributed by atoms with van der Waals surface area (Å²) in [6, 6.07) is 13.1. The molecule has 30 heavy (non-hydrogen) atoms. The van der Waals surface area contributed by atoms with E-state index in [-0.39, 0.29) is 23.8 Å². The molecule has 3 N–H and O–H groups in total. The highest BCUT2D eigenvalue weighted by atomic mass is 32.2. The minimum absolute atomic E-state index is 0.0629. The Labute approximate surface area is 173 Å². The van der Waals surface area contributed by atoms with Gasteiger partial charge in [-0.2, -0.15) is 4.98 Å². The minimum atomic E-state index is -3.67. The molecule has 0 aliphatic heterocycles. The van der Waals surface area contributed by atoms with Gasteiger partial charge in [-0.25, -0.2) is 13.1 Å². The van der Waals surface area contributed by atoms with E-state index < -0.39 is 15.9 Å². The zero-order valence-electron chi connectivity index (χ0n) is 16.4. The first-order valence-corrected chi connectivity index (χ1v) is 10.4. The van der Waals surface area contributed by atoms with Crippen molar-refractivity contribution in [2.75, 3.05) is 26.1 Å². The molecule has 1 aromatic heterocycles. The van der Waals surface area contributed by atoms with Crippen LogP contribution in [-0.4, -0.2) is 50.3 Å². The number of methoxy groups -OCH3 is 2. The van der Waals surface area contributed by atoms with Crippen molar-refractivity contribution in [1.29, 1.82) is 0 Å². The minimum Gasteiger partial charge on any atom is -0.497 e. The zero-order valence-corrected chi connectivity index (χ0v) is 17.2. The van der Waals surface area contributed by atoms with Crippen molar-refractivity contribution in [2.45, 2.75) is 11.3 Å². The summed E-state index contributed by atoms with van der Waals surface area (Å²) in [4.78, 5) is 16.5. The molecule has 10 nitrogen and oxygen atoms in total. The van der Waals surface area contributed by atoms with Gasteiger partial charge in [0.15, 0.2) is 5.82 Å². The molecule has 1 heterocycles. The quantitative estimate of drug-likeness (QED) is 0.470. The van der Waals surface area contributed by atoms with Crippen molar-refractivity contribution in [3.63, 3.8) is 0 Å². The van der Waals surface area contributed by atoms with Gasteiger partial charge >= 0.3 is 0 Å². The van der Waals surface area contributed by atoms with E-state index in [9.17, 15) is 13.2 Å². The zero-order chi connectivity index (χ0) is 21.6. The van der Waals surface area contributed by atoms with Gasteiger partial charge in [0, 0.05) is 19.0 Å². The smallest absolute Gasteiger partial charge is 0.249 e. The molecule has 3 rings (SSSR count). The first-order chi connectivity index (χ1) is 14.4. The predicted octanol–water partition coefficient (Wildman–Crippen LogP) is 1.80. The third-order valence-corrected chi connectivity index (χ3v) is 5.58. The van der Waals surface area contributed by atoms with Crippen LogP contribution < -0.4 is 19.5 Å². The maximum Gasteiger partial charge on any atom is 0.249 e. The van der Waals surface area contributed by atoms with Crippen molar-refractivity contribution in [3.05, 3.63) is 48.5 Å². The van der Waals surface area contributed by atoms with E-state index in [4.69, 9.17) is 9.47 Å². The number of ether oxygens (including phenoxy) is 2. The molecule has 0 radical (unpaired) electrons. The van der Waals surface area contributed by atoms with Crippen LogP contribution in [0.2, 0.25) is 0 Å². The van der Waals surface area contributed by atoms with E-state index in [1.807, 2.05) is 0 Å². The normalized spacial score (nSPS) is 11.1. The first-order valence-electron chi connectivity index (χ1n) is 8.92. The van der Waals surface area contributed by atoms with Crippen molar-refractivity contribution in [2.24, 2.45) is 0 Å². The summed E-state index contributed by atoms with van der Waals surface area (Å²) < 4.78 is 37.2. The van der Waals surface area contributed by atoms with Crippen molar-refractivity contribution >= 4 is 21.9 Å². The summed E-state index contributed by atoms with van der Waals surface area (Å²) in [6.07, 6.45) is -0.0816. The lowest BCUT2D eigenvalue weighted by Gasteiger charge is -2.08. The Kier molecular flexibility index (Phi) is 6.65. The average molecular weight is 431 g/mol. The summed E-state index contributed by atoms with van der Waals surface area (Å²) in [5.74, 6) is 1.19. The molecule has 0 fully saturated rings. The van der Waals surface area contributed by atoms with E-state index in [1.165, 1.54) is 19.2 Å². The number of amides is 1. The van der Waals surface area contributed by atoms with Crippen LogP contribution in [0.15, 0.2) is 53.4 Å². The van der Waals surface area contributed by atoms with Crippen LogP contribution in [-0.2, 0) is 14.8 Å². The number of carbonyl (C=O) groups is 1. The fraction of sp³-hybridized carbons (Fsp3) is 0.211. The number of aromatic nitrogens is 3. The monoisotopic (exact) mass is 431 g/mol. The van der Waals surface area contributed by atoms with Crippen LogP contribution in [0.1, 0.15) is 6.42 Å². The first kappa shape index (κ1) is 21.3. The molecule has 0 aliphatic rings. The van der Waals surface area contributed by atoms with Gasteiger partial charge in [-0.3, -0.25) is 15.2 Å². The topological polar surface area (TPSA) is 135 Å². The fourth-order valence-electron chi connectivity index (χ4n) is 2.60. The standard InChI is InChI=1S/C19H21N5O5S/c1-28-13-8-9-15(16(12-13)29-2)18-22-19(24-23-18)21-17(25)10-11-20-30(26,27)14-6-4-3-5-7-14/h3-9,12,20H,10-11H2,1-2H3,(H2,21,22,23,24,25). The summed E-state index contributed by atoms with van der Waals surface area (Å²) in [6.45, 7) is -0.0629. The maximum atomic E-state index is 12.1. The number of aromatic amines is 1. The molecule has 0 spiro atoms. The lowest BCUT2D eigenvalue weighted by molar-refractivity contribution is -0.116. The van der Waals surface area contributed by atoms with Crippen LogP contribution in [0.4, 0.5) is 5.95 Å². The Hall–Kier alpha value is -3.44. The summed E-state index contributed by atoms with van der Waals surface area (Å²) in [5.41, 5.74) is 0.641. The maximum absolute atomic E-state index is 12.1. The van der Waals surface area contributed by atoms with E-state index in [0.717, 1.165) is 0 Å². The van der Waals surface area contributed by atoms with Gasteiger partial charge in [-0.15, -0.1) is 5.10 Å². The molecule has 0 saturated carbocycles. The molecule has 3 aromatic rings. The number of hydrogen-bond acceptors (Lipinski definition) is 7. The number of rotatable bonds is 9. The second-order valence-electron chi connectivity index (χ2n) is 6.08. The highest BCUT2D eigenvalue weighted by Gasteiger charge is 2.16. The van der Waals surface area contributed by atoms with E-state index >= 15 is 0 Å². The Balaban J connectivity index is 1.58. The molecular formula is C19H21N5O5S. The van der Waals surface area contributed by atoms with Gasteiger partial charge in [-0.05, 0) is 24.3 Å². The molecule has 11 heteroatoms. The third-order valence-electron chi connectivity index (χ3n) is 4.10. The number of carbonyl (C=O) groups excluding carboxylic acids is 1. The third kappa shape index (κ3) is 5.13. The summed E-state index contributed by atoms with van der Waals surface area (Å²) in [5, 5.41) is 9.22. The van der Waals surface area contributed by atoms with E-state index in [1.54, 1.807) is 43.5 Å². The average Bonchev–Trinajstić information content (AvgIpc) is 3.21. The number of nitrogens with zero attached hydrogens (tertiary/aromatic N) is 2. The van der Waals surface area contributed by atoms with Gasteiger partial charge in [0.2, 0.25) is 21.9 Å². The van der Waals surface area contributed by atoms with Gasteiger partial charge < -0.3 is 9.47 Å². The fourth-order valence-corrected chi connectivity index (χ4v) is 3.65. The molecule has 0 bridgehead atoms. The van der Waals surface area contributed by atoms with E-state index in [0.29, 0.717) is 22.9 Å². The molecule has 2 aromatic carbocycles. The van der Waals surface area contributed by atoms with Crippen molar-refractivity contribution < 1.29 is 22.7 Å². The molecule has 1 amide bonds. The van der Waals surface area contributed by atoms with Crippen LogP contribution in [0.25, 0.3) is 11.4 Å². The second kappa shape index (κ2) is 9.37. The summed E-state index contributed by atoms with van der Waals surface area (Å²) >= 11 is 0. The molecule has 0 aliphatic carbocycles. The highest BCUT2D eigenvalue weighted by Crippen LogP contribution is 2.31. The molecule has 158 valence electrons. The van der Waals surface area contributed by atoms with Crippen LogP contribution in [0, 0.1) is 0 Å². The second-order valence-corrected chi connectivity index (χ2v) is 7.85. The number of H-pyrrole nitrogens is 1. The van der Waals surface area contributed by atoms with Crippen molar-refractivity contribution in [3.8, 4) is 22.9 Å². The number of anilines is 1. The SMILES string of the molecule is COc1ccc(-c2nc(NC(=O)CCNS(=O)(=O)c3ccccc3)n[nH]2)c(OC)c1. The van der Waals surface area contributed by atoms with Gasteiger partial charge in [0.05, 0.1) is 24.7 Å².